The highest BCUT2D eigenvalue weighted by Gasteiger charge is 2.30. The maximum Gasteiger partial charge on any atom is 0.340 e. The molecule has 1 aromatic carbocycles. The molecule has 0 aliphatic heterocycles. The molecule has 0 saturated heterocycles. The van der Waals surface area contributed by atoms with E-state index in [1.165, 1.54) is 70.6 Å². The van der Waals surface area contributed by atoms with Crippen LogP contribution in [0.3, 0.4) is 0 Å². The van der Waals surface area contributed by atoms with Crippen molar-refractivity contribution in [3.05, 3.63) is 46.3 Å². The smallest absolute Gasteiger partial charge is 0.340 e. The fraction of sp³-hybridized carbons (Fsp3) is 0.639. The van der Waals surface area contributed by atoms with E-state index in [2.05, 4.69) is 18.0 Å². The molecule has 0 spiro atoms. The first-order valence-electron chi connectivity index (χ1n) is 16.5. The van der Waals surface area contributed by atoms with E-state index in [9.17, 15) is 9.59 Å². The minimum absolute atomic E-state index is 0.221. The molecule has 2 aromatic rings. The Hall–Kier alpha value is -2.89. The predicted octanol–water partition coefficient (Wildman–Crippen LogP) is 9.75. The van der Waals surface area contributed by atoms with Crippen LogP contribution in [-0.4, -0.2) is 36.7 Å². The minimum Gasteiger partial charge on any atom is -0.493 e. The molecule has 0 radical (unpaired) electrons. The van der Waals surface area contributed by atoms with Gasteiger partial charge in [0.25, 0.3) is 0 Å². The highest BCUT2D eigenvalue weighted by atomic mass is 16.5. The average molecular weight is 582 g/mol. The van der Waals surface area contributed by atoms with Crippen molar-refractivity contribution in [2.75, 3.05) is 19.8 Å². The standard InChI is InChI=1S/C36H55NO5/c1-7-11-12-13-14-15-16-17-18-19-20-21-22-24-29-25-23-26-30(40-8-2)33(29)34-31(35(38)41-9-3)27(5)37-28(6)32(34)36(39)42-10-4/h23,25-26H,7-22,24H2,1-6H3. The number of pyridine rings is 1. The number of unbranched alkanes of at least 4 members (excludes halogenated alkanes) is 12. The van der Waals surface area contributed by atoms with Gasteiger partial charge in [-0.05, 0) is 59.1 Å². The Morgan fingerprint density at radius 1 is 0.619 bits per heavy atom. The molecule has 0 N–H and O–H groups in total. The van der Waals surface area contributed by atoms with Gasteiger partial charge in [0.05, 0.1) is 42.3 Å². The summed E-state index contributed by atoms with van der Waals surface area (Å²) >= 11 is 0. The number of ether oxygens (including phenoxy) is 3. The number of hydrogen-bond donors (Lipinski definition) is 0. The molecule has 6 nitrogen and oxygen atoms in total. The average Bonchev–Trinajstić information content (AvgIpc) is 2.95. The van der Waals surface area contributed by atoms with Crippen LogP contribution in [0.25, 0.3) is 11.1 Å². The summed E-state index contributed by atoms with van der Waals surface area (Å²) in [7, 11) is 0. The minimum atomic E-state index is -0.499. The van der Waals surface area contributed by atoms with Crippen molar-refractivity contribution in [1.82, 2.24) is 4.98 Å². The van der Waals surface area contributed by atoms with Crippen molar-refractivity contribution >= 4 is 11.9 Å². The van der Waals surface area contributed by atoms with Crippen LogP contribution in [0.4, 0.5) is 0 Å². The summed E-state index contributed by atoms with van der Waals surface area (Å²) in [4.78, 5) is 31.2. The lowest BCUT2D eigenvalue weighted by Crippen LogP contribution is -2.18. The number of aromatic nitrogens is 1. The summed E-state index contributed by atoms with van der Waals surface area (Å²) in [6, 6.07) is 5.97. The number of benzene rings is 1. The summed E-state index contributed by atoms with van der Waals surface area (Å²) in [5, 5.41) is 0. The normalized spacial score (nSPS) is 11.0. The van der Waals surface area contributed by atoms with Crippen molar-refractivity contribution in [2.24, 2.45) is 0 Å². The summed E-state index contributed by atoms with van der Waals surface area (Å²) < 4.78 is 17.0. The Balaban J connectivity index is 2.24. The van der Waals surface area contributed by atoms with Gasteiger partial charge in [0.1, 0.15) is 5.75 Å². The maximum absolute atomic E-state index is 13.3. The Morgan fingerprint density at radius 3 is 1.55 bits per heavy atom. The van der Waals surface area contributed by atoms with Crippen LogP contribution in [0, 0.1) is 13.8 Å². The van der Waals surface area contributed by atoms with E-state index < -0.39 is 11.9 Å². The first-order valence-corrected chi connectivity index (χ1v) is 16.5. The zero-order valence-electron chi connectivity index (χ0n) is 27.2. The molecule has 0 amide bonds. The third-order valence-electron chi connectivity index (χ3n) is 7.73. The molecule has 1 heterocycles. The van der Waals surface area contributed by atoms with Crippen LogP contribution >= 0.6 is 0 Å². The summed E-state index contributed by atoms with van der Waals surface area (Å²) in [5.41, 5.74) is 3.95. The summed E-state index contributed by atoms with van der Waals surface area (Å²) in [6.07, 6.45) is 17.7. The van der Waals surface area contributed by atoms with E-state index in [-0.39, 0.29) is 13.2 Å². The van der Waals surface area contributed by atoms with Gasteiger partial charge in [-0.15, -0.1) is 0 Å². The molecular weight excluding hydrogens is 526 g/mol. The van der Waals surface area contributed by atoms with Gasteiger partial charge in [0.2, 0.25) is 0 Å². The molecular formula is C36H55NO5. The van der Waals surface area contributed by atoms with Crippen LogP contribution in [0.1, 0.15) is 149 Å². The zero-order valence-corrected chi connectivity index (χ0v) is 27.2. The van der Waals surface area contributed by atoms with Gasteiger partial charge in [-0.2, -0.15) is 0 Å². The van der Waals surface area contributed by atoms with Gasteiger partial charge in [-0.3, -0.25) is 4.98 Å². The molecule has 0 aliphatic carbocycles. The van der Waals surface area contributed by atoms with Gasteiger partial charge in [-0.1, -0.05) is 96.1 Å². The first kappa shape index (κ1) is 35.3. The summed E-state index contributed by atoms with van der Waals surface area (Å²) in [6.45, 7) is 12.2. The lowest BCUT2D eigenvalue weighted by atomic mass is 9.87. The van der Waals surface area contributed by atoms with Gasteiger partial charge in [-0.25, -0.2) is 9.59 Å². The van der Waals surface area contributed by atoms with Gasteiger partial charge < -0.3 is 14.2 Å². The molecule has 0 unspecified atom stereocenters. The highest BCUT2D eigenvalue weighted by molar-refractivity contribution is 6.08. The number of aryl methyl sites for hydroxylation is 3. The first-order chi connectivity index (χ1) is 20.4. The fourth-order valence-electron chi connectivity index (χ4n) is 5.68. The second kappa shape index (κ2) is 20.1. The summed E-state index contributed by atoms with van der Waals surface area (Å²) in [5.74, 6) is -0.353. The molecule has 234 valence electrons. The van der Waals surface area contributed by atoms with Crippen molar-refractivity contribution in [3.8, 4) is 16.9 Å². The molecule has 0 fully saturated rings. The lowest BCUT2D eigenvalue weighted by Gasteiger charge is -2.22. The maximum atomic E-state index is 13.3. The van der Waals surface area contributed by atoms with Crippen LogP contribution in [0.2, 0.25) is 0 Å². The lowest BCUT2D eigenvalue weighted by molar-refractivity contribution is 0.0525. The third kappa shape index (κ3) is 10.7. The van der Waals surface area contributed by atoms with E-state index in [0.29, 0.717) is 40.4 Å². The molecule has 1 aromatic heterocycles. The second-order valence-corrected chi connectivity index (χ2v) is 11.1. The molecule has 2 rings (SSSR count). The Morgan fingerprint density at radius 2 is 1.10 bits per heavy atom. The topological polar surface area (TPSA) is 74.7 Å². The largest absolute Gasteiger partial charge is 0.493 e. The molecule has 0 bridgehead atoms. The molecule has 0 atom stereocenters. The Kier molecular flexibility index (Phi) is 16.9. The van der Waals surface area contributed by atoms with Crippen molar-refractivity contribution in [3.63, 3.8) is 0 Å². The van der Waals surface area contributed by atoms with E-state index in [0.717, 1.165) is 30.4 Å². The van der Waals surface area contributed by atoms with E-state index >= 15 is 0 Å². The van der Waals surface area contributed by atoms with Gasteiger partial charge in [0.15, 0.2) is 0 Å². The predicted molar refractivity (Wildman–Crippen MR) is 172 cm³/mol. The van der Waals surface area contributed by atoms with Crippen LogP contribution in [0.15, 0.2) is 18.2 Å². The van der Waals surface area contributed by atoms with Crippen LogP contribution < -0.4 is 4.74 Å². The number of carbonyl (C=O) groups is 2. The molecule has 0 saturated carbocycles. The Labute approximate surface area is 254 Å². The molecule has 0 aliphatic rings. The number of carbonyl (C=O) groups excluding carboxylic acids is 2. The van der Waals surface area contributed by atoms with Gasteiger partial charge >= 0.3 is 11.9 Å². The van der Waals surface area contributed by atoms with Crippen LogP contribution in [-0.2, 0) is 15.9 Å². The van der Waals surface area contributed by atoms with E-state index in [4.69, 9.17) is 14.2 Å². The van der Waals surface area contributed by atoms with Gasteiger partial charge in [0, 0.05) is 11.1 Å². The van der Waals surface area contributed by atoms with E-state index in [1.54, 1.807) is 27.7 Å². The molecule has 6 heteroatoms. The van der Waals surface area contributed by atoms with Crippen LogP contribution in [0.5, 0.6) is 5.75 Å². The highest BCUT2D eigenvalue weighted by Crippen LogP contribution is 2.41. The van der Waals surface area contributed by atoms with Crippen molar-refractivity contribution in [2.45, 2.75) is 131 Å². The van der Waals surface area contributed by atoms with Crippen molar-refractivity contribution < 1.29 is 23.8 Å². The quantitative estimate of drug-likeness (QED) is 0.108. The SMILES string of the molecule is CCCCCCCCCCCCCCCc1cccc(OCC)c1-c1c(C(=O)OCC)c(C)nc(C)c1C(=O)OCC. The third-order valence-corrected chi connectivity index (χ3v) is 7.73. The van der Waals surface area contributed by atoms with E-state index in [1.807, 2.05) is 19.1 Å². The molecule has 42 heavy (non-hydrogen) atoms. The Bertz CT molecular complexity index is 1070. The zero-order chi connectivity index (χ0) is 30.7. The fourth-order valence-corrected chi connectivity index (χ4v) is 5.68. The second-order valence-electron chi connectivity index (χ2n) is 11.1. The monoisotopic (exact) mass is 581 g/mol. The number of nitrogens with zero attached hydrogens (tertiary/aromatic N) is 1. The number of esters is 2. The number of rotatable bonds is 21. The van der Waals surface area contributed by atoms with Crippen molar-refractivity contribution in [1.29, 1.82) is 0 Å². The number of hydrogen-bond acceptors (Lipinski definition) is 6.